The van der Waals surface area contributed by atoms with Crippen molar-refractivity contribution in [3.63, 3.8) is 0 Å². The highest BCUT2D eigenvalue weighted by atomic mass is 16.2. The van der Waals surface area contributed by atoms with Crippen molar-refractivity contribution < 1.29 is 4.79 Å². The number of piperazine rings is 1. The van der Waals surface area contributed by atoms with Crippen LogP contribution in [0.3, 0.4) is 0 Å². The molecule has 1 atom stereocenters. The Hall–Kier alpha value is -2.01. The number of nitrogens with zero attached hydrogens (tertiary/aromatic N) is 2. The average Bonchev–Trinajstić information content (AvgIpc) is 2.61. The quantitative estimate of drug-likeness (QED) is 0.753. The molecule has 1 aromatic carbocycles. The lowest BCUT2D eigenvalue weighted by atomic mass is 10.1. The first kappa shape index (κ1) is 18.3. The van der Waals surface area contributed by atoms with Gasteiger partial charge in [0.25, 0.3) is 0 Å². The Morgan fingerprint density at radius 1 is 1.33 bits per heavy atom. The fourth-order valence-electron chi connectivity index (χ4n) is 2.95. The smallest absolute Gasteiger partial charge is 0.242 e. The van der Waals surface area contributed by atoms with Crippen LogP contribution in [0.25, 0.3) is 0 Å². The molecule has 1 heterocycles. The topological polar surface area (TPSA) is 47.6 Å². The van der Waals surface area contributed by atoms with Crippen LogP contribution in [-0.4, -0.2) is 56.1 Å². The Morgan fingerprint density at radius 2 is 2.04 bits per heavy atom. The van der Waals surface area contributed by atoms with E-state index in [1.54, 1.807) is 6.08 Å². The molecule has 0 aromatic heterocycles. The third-order valence-electron chi connectivity index (χ3n) is 4.58. The Kier molecular flexibility index (Phi) is 6.67. The van der Waals surface area contributed by atoms with Crippen molar-refractivity contribution in [2.24, 2.45) is 0 Å². The van der Waals surface area contributed by atoms with E-state index in [0.717, 1.165) is 44.0 Å². The first-order valence-electron chi connectivity index (χ1n) is 8.78. The fourth-order valence-corrected chi connectivity index (χ4v) is 2.95. The molecule has 5 nitrogen and oxygen atoms in total. The van der Waals surface area contributed by atoms with Gasteiger partial charge in [-0.2, -0.15) is 0 Å². The SMILES string of the molecule is C=CCNC(=O)C(C)Nc1ccc(N2CCN(CC)CC2)cc1C. The maximum atomic E-state index is 12.0. The summed E-state index contributed by atoms with van der Waals surface area (Å²) in [6.45, 7) is 15.8. The molecule has 2 N–H and O–H groups in total. The largest absolute Gasteiger partial charge is 0.374 e. The van der Waals surface area contributed by atoms with E-state index in [0.29, 0.717) is 6.54 Å². The van der Waals surface area contributed by atoms with Crippen LogP contribution in [0, 0.1) is 6.92 Å². The molecule has 1 unspecified atom stereocenters. The number of anilines is 2. The van der Waals surface area contributed by atoms with Crippen molar-refractivity contribution in [3.05, 3.63) is 36.4 Å². The van der Waals surface area contributed by atoms with E-state index in [4.69, 9.17) is 0 Å². The van der Waals surface area contributed by atoms with E-state index in [1.165, 1.54) is 5.69 Å². The highest BCUT2D eigenvalue weighted by Gasteiger charge is 2.17. The summed E-state index contributed by atoms with van der Waals surface area (Å²) in [5, 5.41) is 6.10. The second-order valence-corrected chi connectivity index (χ2v) is 6.32. The van der Waals surface area contributed by atoms with Crippen molar-refractivity contribution in [2.45, 2.75) is 26.8 Å². The number of aryl methyl sites for hydroxylation is 1. The summed E-state index contributed by atoms with van der Waals surface area (Å²) in [6, 6.07) is 6.15. The molecular formula is C19H30N4O. The van der Waals surface area contributed by atoms with E-state index in [-0.39, 0.29) is 11.9 Å². The Balaban J connectivity index is 1.97. The summed E-state index contributed by atoms with van der Waals surface area (Å²) in [5.41, 5.74) is 3.43. The maximum absolute atomic E-state index is 12.0. The zero-order chi connectivity index (χ0) is 17.5. The van der Waals surface area contributed by atoms with Crippen molar-refractivity contribution in [2.75, 3.05) is 49.5 Å². The van der Waals surface area contributed by atoms with Crippen LogP contribution in [0.1, 0.15) is 19.4 Å². The lowest BCUT2D eigenvalue weighted by Crippen LogP contribution is -2.46. The van der Waals surface area contributed by atoms with Crippen LogP contribution in [0.4, 0.5) is 11.4 Å². The average molecular weight is 330 g/mol. The summed E-state index contributed by atoms with van der Waals surface area (Å²) in [7, 11) is 0. The molecule has 1 fully saturated rings. The molecule has 5 heteroatoms. The number of likely N-dealkylation sites (N-methyl/N-ethyl adjacent to an activating group) is 1. The first-order valence-corrected chi connectivity index (χ1v) is 8.78. The van der Waals surface area contributed by atoms with Crippen molar-refractivity contribution in [3.8, 4) is 0 Å². The van der Waals surface area contributed by atoms with Crippen LogP contribution in [-0.2, 0) is 4.79 Å². The normalized spacial score (nSPS) is 16.5. The molecule has 0 bridgehead atoms. The minimum atomic E-state index is -0.275. The molecule has 1 aromatic rings. The van der Waals surface area contributed by atoms with Crippen LogP contribution in [0.2, 0.25) is 0 Å². The molecule has 0 saturated carbocycles. The van der Waals surface area contributed by atoms with Crippen LogP contribution < -0.4 is 15.5 Å². The summed E-state index contributed by atoms with van der Waals surface area (Å²) < 4.78 is 0. The van der Waals surface area contributed by atoms with E-state index in [1.807, 2.05) is 6.92 Å². The molecule has 0 aliphatic carbocycles. The molecule has 24 heavy (non-hydrogen) atoms. The number of rotatable bonds is 7. The summed E-state index contributed by atoms with van der Waals surface area (Å²) >= 11 is 0. The third kappa shape index (κ3) is 4.74. The highest BCUT2D eigenvalue weighted by molar-refractivity contribution is 5.84. The molecule has 1 aliphatic heterocycles. The number of hydrogen-bond donors (Lipinski definition) is 2. The van der Waals surface area contributed by atoms with Gasteiger partial charge in [0.15, 0.2) is 0 Å². The molecule has 1 aliphatic rings. The second-order valence-electron chi connectivity index (χ2n) is 6.32. The monoisotopic (exact) mass is 330 g/mol. The molecule has 0 radical (unpaired) electrons. The number of hydrogen-bond acceptors (Lipinski definition) is 4. The molecule has 2 rings (SSSR count). The van der Waals surface area contributed by atoms with Gasteiger partial charge in [0.2, 0.25) is 5.91 Å². The van der Waals surface area contributed by atoms with Gasteiger partial charge in [-0.15, -0.1) is 6.58 Å². The van der Waals surface area contributed by atoms with E-state index < -0.39 is 0 Å². The number of nitrogens with one attached hydrogen (secondary N) is 2. The predicted molar refractivity (Wildman–Crippen MR) is 102 cm³/mol. The number of amides is 1. The van der Waals surface area contributed by atoms with Gasteiger partial charge in [0.05, 0.1) is 0 Å². The van der Waals surface area contributed by atoms with Gasteiger partial charge in [-0.05, 0) is 44.2 Å². The van der Waals surface area contributed by atoms with Gasteiger partial charge in [-0.1, -0.05) is 13.0 Å². The number of benzene rings is 1. The lowest BCUT2D eigenvalue weighted by molar-refractivity contribution is -0.121. The lowest BCUT2D eigenvalue weighted by Gasteiger charge is -2.35. The van der Waals surface area contributed by atoms with Gasteiger partial charge in [-0.3, -0.25) is 4.79 Å². The number of carbonyl (C=O) groups excluding carboxylic acids is 1. The van der Waals surface area contributed by atoms with E-state index in [9.17, 15) is 4.79 Å². The van der Waals surface area contributed by atoms with Gasteiger partial charge in [-0.25, -0.2) is 0 Å². The van der Waals surface area contributed by atoms with E-state index in [2.05, 4.69) is 59.1 Å². The Labute approximate surface area is 145 Å². The summed E-state index contributed by atoms with van der Waals surface area (Å²) in [6.07, 6.45) is 1.68. The maximum Gasteiger partial charge on any atom is 0.242 e. The summed E-state index contributed by atoms with van der Waals surface area (Å²) in [4.78, 5) is 16.9. The minimum Gasteiger partial charge on any atom is -0.374 e. The molecule has 1 saturated heterocycles. The van der Waals surface area contributed by atoms with Gasteiger partial charge in [0.1, 0.15) is 6.04 Å². The van der Waals surface area contributed by atoms with Crippen molar-refractivity contribution in [1.29, 1.82) is 0 Å². The third-order valence-corrected chi connectivity index (χ3v) is 4.58. The van der Waals surface area contributed by atoms with Crippen molar-refractivity contribution >= 4 is 17.3 Å². The van der Waals surface area contributed by atoms with Gasteiger partial charge in [0, 0.05) is 44.1 Å². The zero-order valence-electron chi connectivity index (χ0n) is 15.1. The highest BCUT2D eigenvalue weighted by Crippen LogP contribution is 2.24. The standard InChI is InChI=1S/C19H30N4O/c1-5-9-20-19(24)16(4)21-18-8-7-17(14-15(18)3)23-12-10-22(6-2)11-13-23/h5,7-8,14,16,21H,1,6,9-13H2,2-4H3,(H,20,24). The van der Waals surface area contributed by atoms with Crippen LogP contribution >= 0.6 is 0 Å². The first-order chi connectivity index (χ1) is 11.5. The van der Waals surface area contributed by atoms with Crippen LogP contribution in [0.15, 0.2) is 30.9 Å². The van der Waals surface area contributed by atoms with Gasteiger partial charge < -0.3 is 20.4 Å². The van der Waals surface area contributed by atoms with Gasteiger partial charge >= 0.3 is 0 Å². The second kappa shape index (κ2) is 8.73. The molecule has 132 valence electrons. The molecule has 1 amide bonds. The van der Waals surface area contributed by atoms with Crippen molar-refractivity contribution in [1.82, 2.24) is 10.2 Å². The number of carbonyl (C=O) groups is 1. The van der Waals surface area contributed by atoms with Crippen LogP contribution in [0.5, 0.6) is 0 Å². The van der Waals surface area contributed by atoms with E-state index >= 15 is 0 Å². The summed E-state index contributed by atoms with van der Waals surface area (Å²) in [5.74, 6) is -0.0194. The Morgan fingerprint density at radius 3 is 2.62 bits per heavy atom. The predicted octanol–water partition coefficient (Wildman–Crippen LogP) is 2.24. The fraction of sp³-hybridized carbons (Fsp3) is 0.526. The molecule has 0 spiro atoms. The minimum absolute atomic E-state index is 0.0194. The Bertz CT molecular complexity index is 564. The molecular weight excluding hydrogens is 300 g/mol. The zero-order valence-corrected chi connectivity index (χ0v) is 15.1.